The van der Waals surface area contributed by atoms with Crippen LogP contribution >= 0.6 is 7.82 Å². The second kappa shape index (κ2) is 44.5. The first-order valence-electron chi connectivity index (χ1n) is 22.7. The van der Waals surface area contributed by atoms with Crippen molar-refractivity contribution < 1.29 is 37.6 Å². The fourth-order valence-electron chi connectivity index (χ4n) is 5.62. The number of phosphoric acid groups is 1. The van der Waals surface area contributed by atoms with Gasteiger partial charge in [-0.2, -0.15) is 0 Å². The number of unbranched alkanes of at least 4 members (excludes halogenated alkanes) is 12. The molecule has 0 spiro atoms. The van der Waals surface area contributed by atoms with Gasteiger partial charge in [0.1, 0.15) is 6.61 Å². The Morgan fingerprint density at radius 3 is 1.44 bits per heavy atom. The Hall–Kier alpha value is -3.07. The van der Waals surface area contributed by atoms with E-state index >= 15 is 0 Å². The van der Waals surface area contributed by atoms with Crippen LogP contribution in [0.5, 0.6) is 0 Å². The van der Waals surface area contributed by atoms with Gasteiger partial charge in [0.2, 0.25) is 0 Å². The maximum Gasteiger partial charge on any atom is 0.472 e. The molecule has 0 aromatic rings. The van der Waals surface area contributed by atoms with Crippen LogP contribution in [0.4, 0.5) is 0 Å². The van der Waals surface area contributed by atoms with Crippen molar-refractivity contribution >= 4 is 19.8 Å². The van der Waals surface area contributed by atoms with Gasteiger partial charge in [-0.05, 0) is 89.9 Å². The van der Waals surface area contributed by atoms with E-state index in [-0.39, 0.29) is 32.6 Å². The molecule has 0 radical (unpaired) electrons. The molecule has 0 saturated carbocycles. The third-order valence-corrected chi connectivity index (χ3v) is 9.94. The van der Waals surface area contributed by atoms with Crippen LogP contribution in [-0.2, 0) is 32.7 Å². The number of esters is 2. The van der Waals surface area contributed by atoms with E-state index in [9.17, 15) is 19.0 Å². The molecule has 0 aromatic heterocycles. The lowest BCUT2D eigenvalue weighted by Crippen LogP contribution is -2.29. The lowest BCUT2D eigenvalue weighted by atomic mass is 10.1. The normalized spacial score (nSPS) is 14.2. The van der Waals surface area contributed by atoms with Gasteiger partial charge < -0.3 is 20.1 Å². The van der Waals surface area contributed by atoms with Gasteiger partial charge in [-0.25, -0.2) is 4.57 Å². The number of carbonyl (C=O) groups is 2. The number of allylic oxidation sites excluding steroid dienone is 16. The van der Waals surface area contributed by atoms with Crippen LogP contribution in [0.3, 0.4) is 0 Å². The Labute approximate surface area is 359 Å². The quantitative estimate of drug-likeness (QED) is 0.0267. The Morgan fingerprint density at radius 2 is 0.949 bits per heavy atom. The first kappa shape index (κ1) is 55.9. The maximum absolute atomic E-state index is 12.6. The van der Waals surface area contributed by atoms with Crippen molar-refractivity contribution in [1.29, 1.82) is 0 Å². The summed E-state index contributed by atoms with van der Waals surface area (Å²) in [4.78, 5) is 34.9. The second-order valence-electron chi connectivity index (χ2n) is 14.5. The zero-order chi connectivity index (χ0) is 43.2. The molecule has 336 valence electrons. The van der Waals surface area contributed by atoms with Crippen LogP contribution in [0.25, 0.3) is 0 Å². The van der Waals surface area contributed by atoms with Crippen LogP contribution in [0.1, 0.15) is 168 Å². The third-order valence-electron chi connectivity index (χ3n) is 8.95. The van der Waals surface area contributed by atoms with Gasteiger partial charge in [0.15, 0.2) is 6.10 Å². The summed E-state index contributed by atoms with van der Waals surface area (Å²) in [5, 5.41) is 0. The topological polar surface area (TPSA) is 134 Å². The number of ether oxygens (including phenoxy) is 2. The summed E-state index contributed by atoms with van der Waals surface area (Å²) in [6.07, 6.45) is 57.3. The Kier molecular flexibility index (Phi) is 42.2. The molecule has 0 aliphatic carbocycles. The van der Waals surface area contributed by atoms with E-state index < -0.39 is 32.5 Å². The summed E-state index contributed by atoms with van der Waals surface area (Å²) in [6.45, 7) is 3.51. The number of carbonyl (C=O) groups excluding carboxylic acids is 2. The average molecular weight is 844 g/mol. The van der Waals surface area contributed by atoms with E-state index in [4.69, 9.17) is 24.3 Å². The Bertz CT molecular complexity index is 1280. The highest BCUT2D eigenvalue weighted by Crippen LogP contribution is 2.43. The molecule has 2 atom stereocenters. The van der Waals surface area contributed by atoms with Gasteiger partial charge in [-0.3, -0.25) is 18.6 Å². The van der Waals surface area contributed by atoms with Gasteiger partial charge in [0.05, 0.1) is 13.2 Å². The van der Waals surface area contributed by atoms with Crippen molar-refractivity contribution in [2.24, 2.45) is 5.73 Å². The molecule has 0 rings (SSSR count). The molecule has 0 bridgehead atoms. The fourth-order valence-corrected chi connectivity index (χ4v) is 6.38. The zero-order valence-electron chi connectivity index (χ0n) is 36.9. The minimum absolute atomic E-state index is 0.0369. The predicted octanol–water partition coefficient (Wildman–Crippen LogP) is 13.4. The summed E-state index contributed by atoms with van der Waals surface area (Å²) in [5.74, 6) is -0.920. The van der Waals surface area contributed by atoms with Gasteiger partial charge in [-0.1, -0.05) is 162 Å². The van der Waals surface area contributed by atoms with E-state index in [2.05, 4.69) is 105 Å². The molecule has 0 heterocycles. The summed E-state index contributed by atoms with van der Waals surface area (Å²) >= 11 is 0. The average Bonchev–Trinajstić information content (AvgIpc) is 3.22. The minimum atomic E-state index is -4.40. The molecule has 0 aliphatic rings. The number of hydrogen-bond acceptors (Lipinski definition) is 8. The highest BCUT2D eigenvalue weighted by Gasteiger charge is 2.25. The van der Waals surface area contributed by atoms with Crippen molar-refractivity contribution in [3.63, 3.8) is 0 Å². The molecule has 0 saturated heterocycles. The van der Waals surface area contributed by atoms with E-state index in [1.165, 1.54) is 38.5 Å². The molecule has 0 amide bonds. The van der Waals surface area contributed by atoms with E-state index in [0.717, 1.165) is 83.5 Å². The molecule has 9 nitrogen and oxygen atoms in total. The molecule has 0 aliphatic heterocycles. The lowest BCUT2D eigenvalue weighted by molar-refractivity contribution is -0.161. The summed E-state index contributed by atoms with van der Waals surface area (Å²) < 4.78 is 32.7. The number of nitrogens with two attached hydrogens (primary N) is 1. The van der Waals surface area contributed by atoms with Crippen LogP contribution in [0.2, 0.25) is 0 Å². The highest BCUT2D eigenvalue weighted by atomic mass is 31.2. The van der Waals surface area contributed by atoms with E-state index in [0.29, 0.717) is 19.3 Å². The Morgan fingerprint density at radius 1 is 0.525 bits per heavy atom. The smallest absolute Gasteiger partial charge is 0.462 e. The Balaban J connectivity index is 4.25. The van der Waals surface area contributed by atoms with Crippen molar-refractivity contribution in [2.45, 2.75) is 174 Å². The molecular weight excluding hydrogens is 762 g/mol. The van der Waals surface area contributed by atoms with Crippen molar-refractivity contribution in [2.75, 3.05) is 26.4 Å². The largest absolute Gasteiger partial charge is 0.472 e. The predicted molar refractivity (Wildman–Crippen MR) is 247 cm³/mol. The highest BCUT2D eigenvalue weighted by molar-refractivity contribution is 7.47. The summed E-state index contributed by atoms with van der Waals surface area (Å²) in [5.41, 5.74) is 5.35. The van der Waals surface area contributed by atoms with Crippen molar-refractivity contribution in [3.8, 4) is 0 Å². The zero-order valence-corrected chi connectivity index (χ0v) is 37.8. The van der Waals surface area contributed by atoms with Crippen LogP contribution in [0, 0.1) is 0 Å². The first-order chi connectivity index (χ1) is 28.8. The standard InChI is InChI=1S/C49H82NO8P/c1-3-5-7-9-11-13-15-17-19-21-22-23-24-26-27-29-31-33-35-37-39-41-48(51)55-45-47(46-57-59(53,54)56-44-43-50)58-49(52)42-40-38-36-34-32-30-28-25-20-18-16-14-12-10-8-6-4-2/h6,8,12,14-15,17-18,20-22,24,26,28,30,34,36,47H,3-5,7,9-11,13,16,19,23,25,27,29,31-33,35,37-46,50H2,1-2H3,(H,53,54)/b8-6-,14-12-,17-15-,20-18-,22-21-,26-24-,30-28-,36-34-. The van der Waals surface area contributed by atoms with E-state index in [1.807, 2.05) is 6.08 Å². The SMILES string of the molecule is CC/C=C\C/C=C\C/C=C\C/C=C\C/C=C\CCCC(=O)OC(COC(=O)CCCCCCCC/C=C\C/C=C\C/C=C\CCCCCCC)COP(=O)(O)OCCN. The lowest BCUT2D eigenvalue weighted by Gasteiger charge is -2.19. The molecule has 3 N–H and O–H groups in total. The van der Waals surface area contributed by atoms with Crippen molar-refractivity contribution in [1.82, 2.24) is 0 Å². The minimum Gasteiger partial charge on any atom is -0.462 e. The molecule has 0 aromatic carbocycles. The van der Waals surface area contributed by atoms with Crippen molar-refractivity contribution in [3.05, 3.63) is 97.2 Å². The summed E-state index contributed by atoms with van der Waals surface area (Å²) in [6, 6.07) is 0. The molecular formula is C49H82NO8P. The monoisotopic (exact) mass is 844 g/mol. The molecule has 0 fully saturated rings. The molecule has 59 heavy (non-hydrogen) atoms. The molecule has 10 heteroatoms. The van der Waals surface area contributed by atoms with Crippen LogP contribution in [-0.4, -0.2) is 49.3 Å². The van der Waals surface area contributed by atoms with Gasteiger partial charge >= 0.3 is 19.8 Å². The maximum atomic E-state index is 12.6. The van der Waals surface area contributed by atoms with Gasteiger partial charge in [0.25, 0.3) is 0 Å². The number of rotatable bonds is 41. The second-order valence-corrected chi connectivity index (χ2v) is 16.0. The number of phosphoric ester groups is 1. The fraction of sp³-hybridized carbons (Fsp3) is 0.633. The first-order valence-corrected chi connectivity index (χ1v) is 24.2. The number of hydrogen-bond donors (Lipinski definition) is 2. The van der Waals surface area contributed by atoms with E-state index in [1.54, 1.807) is 0 Å². The third kappa shape index (κ3) is 44.3. The van der Waals surface area contributed by atoms with Gasteiger partial charge in [0, 0.05) is 19.4 Å². The van der Waals surface area contributed by atoms with Crippen LogP contribution in [0.15, 0.2) is 97.2 Å². The van der Waals surface area contributed by atoms with Crippen LogP contribution < -0.4 is 5.73 Å². The summed E-state index contributed by atoms with van der Waals surface area (Å²) in [7, 11) is -4.40. The molecule has 2 unspecified atom stereocenters. The van der Waals surface area contributed by atoms with Gasteiger partial charge in [-0.15, -0.1) is 0 Å².